The van der Waals surface area contributed by atoms with E-state index >= 15 is 0 Å². The van der Waals surface area contributed by atoms with Gasteiger partial charge >= 0.3 is 0 Å². The van der Waals surface area contributed by atoms with Crippen molar-refractivity contribution in [1.29, 1.82) is 0 Å². The van der Waals surface area contributed by atoms with Gasteiger partial charge in [0, 0.05) is 31.0 Å². The van der Waals surface area contributed by atoms with Crippen molar-refractivity contribution in [2.24, 2.45) is 0 Å². The normalized spacial score (nSPS) is 20.8. The first-order valence-electron chi connectivity index (χ1n) is 13.0. The Morgan fingerprint density at radius 3 is 2.76 bits per heavy atom. The van der Waals surface area contributed by atoms with E-state index in [0.29, 0.717) is 27.3 Å². The molecule has 0 atom stereocenters. The van der Waals surface area contributed by atoms with Crippen LogP contribution in [0.25, 0.3) is 10.6 Å². The second-order valence-corrected chi connectivity index (χ2v) is 13.7. The number of carbonyl (C=O) groups excluding carboxylic acids is 1. The molecule has 37 heavy (non-hydrogen) atoms. The highest BCUT2D eigenvalue weighted by Crippen LogP contribution is 2.45. The molecule has 0 unspecified atom stereocenters. The fourth-order valence-electron chi connectivity index (χ4n) is 5.43. The topological polar surface area (TPSA) is 104 Å². The van der Waals surface area contributed by atoms with Crippen LogP contribution >= 0.6 is 11.3 Å². The van der Waals surface area contributed by atoms with E-state index in [1.165, 1.54) is 40.9 Å². The van der Waals surface area contributed by atoms with Gasteiger partial charge in [-0.05, 0) is 85.9 Å². The molecule has 0 spiro atoms. The molecular formula is C27H29N5O3S2. The molecule has 1 amide bonds. The number of nitrogens with zero attached hydrogens (tertiary/aromatic N) is 3. The van der Waals surface area contributed by atoms with Gasteiger partial charge in [-0.2, -0.15) is 0 Å². The highest BCUT2D eigenvalue weighted by molar-refractivity contribution is 7.91. The summed E-state index contributed by atoms with van der Waals surface area (Å²) in [6, 6.07) is 6.39. The summed E-state index contributed by atoms with van der Waals surface area (Å²) in [5.41, 5.74) is 6.58. The monoisotopic (exact) mass is 535 g/mol. The SMILES string of the molecule is Cc1cnc(Nc2cc3c(cc2C2CC2)CNCC3)nc1-c1cc2c(s1)C(=O)N(C1CC1)CCS2(=O)=O. The van der Waals surface area contributed by atoms with Gasteiger partial charge in [-0.1, -0.05) is 6.07 Å². The van der Waals surface area contributed by atoms with Gasteiger partial charge in [0.05, 0.1) is 21.2 Å². The summed E-state index contributed by atoms with van der Waals surface area (Å²) < 4.78 is 26.1. The second kappa shape index (κ2) is 8.61. The van der Waals surface area contributed by atoms with Crippen molar-refractivity contribution in [2.75, 3.05) is 24.2 Å². The molecule has 2 aliphatic carbocycles. The predicted octanol–water partition coefficient (Wildman–Crippen LogP) is 4.17. The summed E-state index contributed by atoms with van der Waals surface area (Å²) in [5, 5.41) is 6.94. The fraction of sp³-hybridized carbons (Fsp3) is 0.444. The van der Waals surface area contributed by atoms with E-state index in [1.54, 1.807) is 17.2 Å². The number of carbonyl (C=O) groups is 1. The number of benzene rings is 1. The van der Waals surface area contributed by atoms with Gasteiger partial charge in [0.15, 0.2) is 9.84 Å². The highest BCUT2D eigenvalue weighted by Gasteiger charge is 2.40. The summed E-state index contributed by atoms with van der Waals surface area (Å²) in [4.78, 5) is 25.6. The third-order valence-electron chi connectivity index (χ3n) is 7.80. The Morgan fingerprint density at radius 1 is 1.14 bits per heavy atom. The van der Waals surface area contributed by atoms with E-state index in [2.05, 4.69) is 27.8 Å². The second-order valence-electron chi connectivity index (χ2n) is 10.6. The maximum absolute atomic E-state index is 13.3. The molecule has 3 aromatic rings. The van der Waals surface area contributed by atoms with Gasteiger partial charge in [0.2, 0.25) is 5.95 Å². The van der Waals surface area contributed by atoms with E-state index in [9.17, 15) is 13.2 Å². The molecule has 2 saturated carbocycles. The van der Waals surface area contributed by atoms with Crippen LogP contribution in [0.5, 0.6) is 0 Å². The Hall–Kier alpha value is -2.82. The number of hydrogen-bond acceptors (Lipinski definition) is 8. The van der Waals surface area contributed by atoms with E-state index in [4.69, 9.17) is 4.98 Å². The molecule has 8 nitrogen and oxygen atoms in total. The lowest BCUT2D eigenvalue weighted by Crippen LogP contribution is -2.34. The molecule has 2 fully saturated rings. The largest absolute Gasteiger partial charge is 0.334 e. The first-order chi connectivity index (χ1) is 17.9. The first-order valence-corrected chi connectivity index (χ1v) is 15.5. The van der Waals surface area contributed by atoms with E-state index in [-0.39, 0.29) is 29.1 Å². The molecule has 1 aromatic carbocycles. The van der Waals surface area contributed by atoms with Gasteiger partial charge in [-0.25, -0.2) is 18.4 Å². The number of amides is 1. The molecule has 0 radical (unpaired) electrons. The van der Waals surface area contributed by atoms with Crippen LogP contribution < -0.4 is 10.6 Å². The third-order valence-corrected chi connectivity index (χ3v) is 10.8. The molecule has 10 heteroatoms. The maximum Gasteiger partial charge on any atom is 0.265 e. The summed E-state index contributed by atoms with van der Waals surface area (Å²) in [7, 11) is -3.54. The molecule has 0 saturated heterocycles. The van der Waals surface area contributed by atoms with Crippen molar-refractivity contribution in [1.82, 2.24) is 20.2 Å². The van der Waals surface area contributed by atoms with Crippen LogP contribution in [0.4, 0.5) is 11.6 Å². The number of anilines is 2. The number of sulfone groups is 1. The molecule has 4 heterocycles. The Balaban J connectivity index is 1.26. The average molecular weight is 536 g/mol. The fourth-order valence-corrected chi connectivity index (χ4v) is 8.40. The van der Waals surface area contributed by atoms with Crippen molar-refractivity contribution in [3.63, 3.8) is 0 Å². The van der Waals surface area contributed by atoms with Gasteiger partial charge in [-0.3, -0.25) is 4.79 Å². The Morgan fingerprint density at radius 2 is 1.97 bits per heavy atom. The maximum atomic E-state index is 13.3. The molecular weight excluding hydrogens is 506 g/mol. The molecule has 7 rings (SSSR count). The van der Waals surface area contributed by atoms with Crippen molar-refractivity contribution >= 4 is 38.7 Å². The molecule has 4 aliphatic rings. The molecule has 2 N–H and O–H groups in total. The lowest BCUT2D eigenvalue weighted by molar-refractivity contribution is 0.0758. The molecule has 0 bridgehead atoms. The Labute approximate surface area is 220 Å². The summed E-state index contributed by atoms with van der Waals surface area (Å²) in [6.45, 7) is 4.06. The summed E-state index contributed by atoms with van der Waals surface area (Å²) in [5.74, 6) is 0.843. The van der Waals surface area contributed by atoms with E-state index in [0.717, 1.165) is 43.6 Å². The van der Waals surface area contributed by atoms with Crippen molar-refractivity contribution < 1.29 is 13.2 Å². The smallest absolute Gasteiger partial charge is 0.265 e. The number of thiophene rings is 1. The minimum Gasteiger partial charge on any atom is -0.334 e. The van der Waals surface area contributed by atoms with Crippen molar-refractivity contribution in [3.05, 3.63) is 51.5 Å². The van der Waals surface area contributed by atoms with Crippen LogP contribution in [0.1, 0.15) is 63.5 Å². The highest BCUT2D eigenvalue weighted by atomic mass is 32.2. The van der Waals surface area contributed by atoms with E-state index in [1.807, 2.05) is 6.92 Å². The Kier molecular flexibility index (Phi) is 5.42. The van der Waals surface area contributed by atoms with Crippen LogP contribution in [0.15, 0.2) is 29.3 Å². The molecule has 192 valence electrons. The first kappa shape index (κ1) is 23.3. The van der Waals surface area contributed by atoms with Crippen molar-refractivity contribution in [2.45, 2.75) is 62.4 Å². The van der Waals surface area contributed by atoms with Gasteiger partial charge < -0.3 is 15.5 Å². The van der Waals surface area contributed by atoms with Crippen LogP contribution in [0.3, 0.4) is 0 Å². The zero-order valence-corrected chi connectivity index (χ0v) is 22.3. The number of fused-ring (bicyclic) bond motifs is 2. The number of nitrogens with one attached hydrogen (secondary N) is 2. The van der Waals surface area contributed by atoms with Crippen LogP contribution in [0.2, 0.25) is 0 Å². The third kappa shape index (κ3) is 4.24. The lowest BCUT2D eigenvalue weighted by Gasteiger charge is -2.21. The zero-order chi connectivity index (χ0) is 25.3. The zero-order valence-electron chi connectivity index (χ0n) is 20.7. The van der Waals surface area contributed by atoms with Gasteiger partial charge in [0.25, 0.3) is 5.91 Å². The minimum atomic E-state index is -3.54. The van der Waals surface area contributed by atoms with E-state index < -0.39 is 9.84 Å². The molecule has 2 aromatic heterocycles. The average Bonchev–Trinajstić information content (AvgIpc) is 3.82. The quantitative estimate of drug-likeness (QED) is 0.505. The van der Waals surface area contributed by atoms with Crippen molar-refractivity contribution in [3.8, 4) is 10.6 Å². The van der Waals surface area contributed by atoms with Crippen LogP contribution in [0, 0.1) is 6.92 Å². The molecule has 2 aliphatic heterocycles. The van der Waals surface area contributed by atoms with Crippen LogP contribution in [-0.2, 0) is 22.8 Å². The predicted molar refractivity (Wildman–Crippen MR) is 143 cm³/mol. The standard InChI is InChI=1S/C27H29N5O3S2/c1-15-13-29-27(30-21-11-17-6-7-28-14-18(17)10-20(21)16-2-3-16)31-24(15)22-12-23-25(36-22)26(33)32(19-4-5-19)8-9-37(23,34)35/h10-13,16,19,28H,2-9,14H2,1H3,(H,29,30,31). The number of rotatable bonds is 5. The minimum absolute atomic E-state index is 0.0359. The summed E-state index contributed by atoms with van der Waals surface area (Å²) >= 11 is 1.23. The Bertz CT molecular complexity index is 1540. The lowest BCUT2D eigenvalue weighted by atomic mass is 9.95. The van der Waals surface area contributed by atoms with Crippen LogP contribution in [-0.4, -0.2) is 54.1 Å². The van der Waals surface area contributed by atoms with Gasteiger partial charge in [-0.15, -0.1) is 11.3 Å². The van der Waals surface area contributed by atoms with Gasteiger partial charge in [0.1, 0.15) is 4.88 Å². The number of hydrogen-bond donors (Lipinski definition) is 2. The number of aromatic nitrogens is 2. The summed E-state index contributed by atoms with van der Waals surface area (Å²) in [6.07, 6.45) is 7.05. The number of aryl methyl sites for hydroxylation is 1.